The third-order valence-corrected chi connectivity index (χ3v) is 7.19. The van der Waals surface area contributed by atoms with Crippen LogP contribution in [0.4, 0.5) is 10.6 Å². The number of amides is 1. The Morgan fingerprint density at radius 3 is 2.51 bits per heavy atom. The number of primary sulfonamides is 1. The fourth-order valence-electron chi connectivity index (χ4n) is 4.38. The van der Waals surface area contributed by atoms with E-state index in [9.17, 15) is 13.2 Å². The first-order valence-electron chi connectivity index (χ1n) is 12.8. The van der Waals surface area contributed by atoms with Gasteiger partial charge in [-0.3, -0.25) is 4.98 Å². The van der Waals surface area contributed by atoms with Crippen molar-refractivity contribution in [2.24, 2.45) is 11.1 Å². The van der Waals surface area contributed by atoms with E-state index in [-0.39, 0.29) is 22.6 Å². The summed E-state index contributed by atoms with van der Waals surface area (Å²) in [6.07, 6.45) is 5.17. The number of rotatable bonds is 7. The van der Waals surface area contributed by atoms with E-state index in [4.69, 9.17) is 14.9 Å². The van der Waals surface area contributed by atoms with Crippen LogP contribution in [-0.4, -0.2) is 48.1 Å². The average Bonchev–Trinajstić information content (AvgIpc) is 2.80. The van der Waals surface area contributed by atoms with Crippen LogP contribution in [0.15, 0.2) is 41.6 Å². The molecule has 3 rings (SSSR count). The molecule has 1 aliphatic heterocycles. The minimum atomic E-state index is -3.92. The van der Waals surface area contributed by atoms with E-state index < -0.39 is 15.6 Å². The molecule has 1 fully saturated rings. The van der Waals surface area contributed by atoms with E-state index in [1.54, 1.807) is 17.0 Å². The van der Waals surface area contributed by atoms with Crippen molar-refractivity contribution in [2.45, 2.75) is 89.3 Å². The van der Waals surface area contributed by atoms with Crippen LogP contribution in [0.3, 0.4) is 0 Å². The normalized spacial score (nSPS) is 17.8. The highest BCUT2D eigenvalue weighted by Crippen LogP contribution is 2.30. The molecule has 0 spiro atoms. The summed E-state index contributed by atoms with van der Waals surface area (Å²) in [5.41, 5.74) is 1.43. The Balaban J connectivity index is 1.77. The van der Waals surface area contributed by atoms with Gasteiger partial charge in [-0.25, -0.2) is 23.3 Å². The minimum absolute atomic E-state index is 0.0208. The van der Waals surface area contributed by atoms with E-state index in [0.717, 1.165) is 36.9 Å². The molecule has 2 aromatic rings. The Hall–Kier alpha value is -2.72. The SMILES string of the molecule is CC(C)(C)OC(=O)N1CCC[C@H](CCC(Nc2cccc(S(N)(=O)=O)n2)c2ccc(C(C)(C)C)cn2)C1. The molecule has 0 radical (unpaired) electrons. The Morgan fingerprint density at radius 2 is 1.92 bits per heavy atom. The van der Waals surface area contributed by atoms with Crippen LogP contribution in [0.2, 0.25) is 0 Å². The highest BCUT2D eigenvalue weighted by Gasteiger charge is 2.28. The number of likely N-dealkylation sites (tertiary alicyclic amines) is 1. The molecular weight excluding hydrogens is 490 g/mol. The van der Waals surface area contributed by atoms with Gasteiger partial charge in [-0.05, 0) is 81.5 Å². The summed E-state index contributed by atoms with van der Waals surface area (Å²) in [4.78, 5) is 23.4. The lowest BCUT2D eigenvalue weighted by atomic mass is 9.87. The van der Waals surface area contributed by atoms with Crippen molar-refractivity contribution in [1.29, 1.82) is 0 Å². The smallest absolute Gasteiger partial charge is 0.410 e. The summed E-state index contributed by atoms with van der Waals surface area (Å²) in [5.74, 6) is 0.736. The van der Waals surface area contributed by atoms with Gasteiger partial charge in [0.15, 0.2) is 5.03 Å². The average molecular weight is 532 g/mol. The molecule has 1 unspecified atom stereocenters. The number of carbonyl (C=O) groups is 1. The molecule has 3 N–H and O–H groups in total. The lowest BCUT2D eigenvalue weighted by Gasteiger charge is -2.34. The van der Waals surface area contributed by atoms with Gasteiger partial charge >= 0.3 is 6.09 Å². The third kappa shape index (κ3) is 8.67. The van der Waals surface area contributed by atoms with E-state index in [0.29, 0.717) is 24.8 Å². The fraction of sp³-hybridized carbons (Fsp3) is 0.593. The Labute approximate surface area is 221 Å². The molecule has 2 atom stereocenters. The van der Waals surface area contributed by atoms with Crippen LogP contribution in [-0.2, 0) is 20.2 Å². The quantitative estimate of drug-likeness (QED) is 0.514. The van der Waals surface area contributed by atoms with Crippen molar-refractivity contribution in [2.75, 3.05) is 18.4 Å². The number of hydrogen-bond donors (Lipinski definition) is 2. The monoisotopic (exact) mass is 531 g/mol. The summed E-state index contributed by atoms with van der Waals surface area (Å²) in [5, 5.41) is 8.47. The van der Waals surface area contributed by atoms with Crippen LogP contribution in [0, 0.1) is 5.92 Å². The van der Waals surface area contributed by atoms with Crippen molar-refractivity contribution in [3.05, 3.63) is 47.8 Å². The predicted octanol–water partition coefficient (Wildman–Crippen LogP) is 5.00. The van der Waals surface area contributed by atoms with Gasteiger partial charge in [0.1, 0.15) is 11.4 Å². The zero-order chi connectivity index (χ0) is 27.4. The maximum Gasteiger partial charge on any atom is 0.410 e. The number of nitrogens with one attached hydrogen (secondary N) is 1. The molecule has 1 aliphatic rings. The first-order chi connectivity index (χ1) is 17.1. The molecule has 37 heavy (non-hydrogen) atoms. The molecule has 0 aliphatic carbocycles. The fourth-order valence-corrected chi connectivity index (χ4v) is 4.87. The first-order valence-corrected chi connectivity index (χ1v) is 14.4. The van der Waals surface area contributed by atoms with Gasteiger partial charge in [0.25, 0.3) is 10.0 Å². The largest absolute Gasteiger partial charge is 0.444 e. The van der Waals surface area contributed by atoms with Crippen molar-refractivity contribution >= 4 is 21.9 Å². The molecule has 0 bridgehead atoms. The second-order valence-electron chi connectivity index (χ2n) is 11.8. The molecule has 9 nitrogen and oxygen atoms in total. The maximum absolute atomic E-state index is 12.6. The van der Waals surface area contributed by atoms with Gasteiger partial charge in [-0.2, -0.15) is 0 Å². The van der Waals surface area contributed by atoms with E-state index in [2.05, 4.69) is 37.1 Å². The van der Waals surface area contributed by atoms with Crippen molar-refractivity contribution < 1.29 is 17.9 Å². The predicted molar refractivity (Wildman–Crippen MR) is 145 cm³/mol. The summed E-state index contributed by atoms with van der Waals surface area (Å²) in [7, 11) is -3.92. The number of nitrogens with zero attached hydrogens (tertiary/aromatic N) is 3. The standard InChI is InChI=1S/C27H41N5O4S/c1-26(2,3)20-13-15-21(29-17-20)22(30-23-10-7-11-24(31-23)37(28,34)35)14-12-19-9-8-16-32(18-19)25(33)36-27(4,5)6/h7,10-11,13,15,17,19,22H,8-9,12,14,16,18H2,1-6H3,(H,30,31)(H2,28,34,35)/t19-,22?/m1/s1. The van der Waals surface area contributed by atoms with Gasteiger partial charge in [-0.15, -0.1) is 0 Å². The summed E-state index contributed by atoms with van der Waals surface area (Å²) >= 11 is 0. The third-order valence-electron chi connectivity index (χ3n) is 6.38. The molecular formula is C27H41N5O4S. The van der Waals surface area contributed by atoms with Gasteiger partial charge in [0, 0.05) is 19.3 Å². The number of hydrogen-bond acceptors (Lipinski definition) is 7. The minimum Gasteiger partial charge on any atom is -0.444 e. The number of sulfonamides is 1. The van der Waals surface area contributed by atoms with E-state index >= 15 is 0 Å². The van der Waals surface area contributed by atoms with Crippen LogP contribution in [0.5, 0.6) is 0 Å². The lowest BCUT2D eigenvalue weighted by molar-refractivity contribution is 0.0160. The molecule has 0 saturated carbocycles. The van der Waals surface area contributed by atoms with Gasteiger partial charge in [0.05, 0.1) is 11.7 Å². The molecule has 1 saturated heterocycles. The van der Waals surface area contributed by atoms with Crippen molar-refractivity contribution in [3.63, 3.8) is 0 Å². The highest BCUT2D eigenvalue weighted by atomic mass is 32.2. The Bertz CT molecular complexity index is 1170. The molecule has 1 amide bonds. The zero-order valence-electron chi connectivity index (χ0n) is 22.8. The number of aromatic nitrogens is 2. The van der Waals surface area contributed by atoms with Gasteiger partial charge in [0.2, 0.25) is 0 Å². The second kappa shape index (κ2) is 11.3. The number of ether oxygens (including phenoxy) is 1. The van der Waals surface area contributed by atoms with Crippen molar-refractivity contribution in [1.82, 2.24) is 14.9 Å². The van der Waals surface area contributed by atoms with Crippen molar-refractivity contribution in [3.8, 4) is 0 Å². The van der Waals surface area contributed by atoms with Crippen LogP contribution >= 0.6 is 0 Å². The number of pyridine rings is 2. The molecule has 2 aromatic heterocycles. The molecule has 0 aromatic carbocycles. The van der Waals surface area contributed by atoms with Crippen LogP contribution in [0.1, 0.15) is 84.5 Å². The molecule has 3 heterocycles. The molecule has 10 heteroatoms. The summed E-state index contributed by atoms with van der Waals surface area (Å²) in [6, 6.07) is 8.59. The van der Waals surface area contributed by atoms with E-state index in [1.165, 1.54) is 6.07 Å². The lowest BCUT2D eigenvalue weighted by Crippen LogP contribution is -2.43. The summed E-state index contributed by atoms with van der Waals surface area (Å²) in [6.45, 7) is 13.4. The van der Waals surface area contributed by atoms with Gasteiger partial charge < -0.3 is 15.0 Å². The maximum atomic E-state index is 12.6. The first kappa shape index (κ1) is 28.8. The number of anilines is 1. The number of piperidine rings is 1. The Kier molecular flexibility index (Phi) is 8.85. The topological polar surface area (TPSA) is 128 Å². The van der Waals surface area contributed by atoms with Crippen LogP contribution < -0.4 is 10.5 Å². The van der Waals surface area contributed by atoms with E-state index in [1.807, 2.05) is 33.0 Å². The van der Waals surface area contributed by atoms with Gasteiger partial charge in [-0.1, -0.05) is 32.9 Å². The van der Waals surface area contributed by atoms with Crippen LogP contribution in [0.25, 0.3) is 0 Å². The highest BCUT2D eigenvalue weighted by molar-refractivity contribution is 7.89. The molecule has 204 valence electrons. The second-order valence-corrected chi connectivity index (χ2v) is 13.3. The Morgan fingerprint density at radius 1 is 1.19 bits per heavy atom. The number of carbonyl (C=O) groups excluding carboxylic acids is 1. The zero-order valence-corrected chi connectivity index (χ0v) is 23.6. The number of nitrogens with two attached hydrogens (primary N) is 1. The summed E-state index contributed by atoms with van der Waals surface area (Å²) < 4.78 is 29.2.